The van der Waals surface area contributed by atoms with E-state index in [1.54, 1.807) is 23.1 Å². The van der Waals surface area contributed by atoms with Gasteiger partial charge in [-0.2, -0.15) is 0 Å². The van der Waals surface area contributed by atoms with Gasteiger partial charge in [0.25, 0.3) is 0 Å². The zero-order chi connectivity index (χ0) is 16.9. The van der Waals surface area contributed by atoms with Crippen LogP contribution < -0.4 is 5.32 Å². The predicted molar refractivity (Wildman–Crippen MR) is 88.6 cm³/mol. The van der Waals surface area contributed by atoms with Crippen LogP contribution in [-0.4, -0.2) is 29.8 Å². The Labute approximate surface area is 140 Å². The van der Waals surface area contributed by atoms with Gasteiger partial charge in [0, 0.05) is 19.5 Å². The van der Waals surface area contributed by atoms with Gasteiger partial charge in [0.15, 0.2) is 0 Å². The third-order valence-electron chi connectivity index (χ3n) is 4.21. The van der Waals surface area contributed by atoms with Crippen molar-refractivity contribution in [3.8, 4) is 0 Å². The van der Waals surface area contributed by atoms with Gasteiger partial charge in [-0.25, -0.2) is 4.39 Å². The van der Waals surface area contributed by atoms with Crippen LogP contribution in [0.15, 0.2) is 54.6 Å². The van der Waals surface area contributed by atoms with Crippen molar-refractivity contribution in [2.45, 2.75) is 18.9 Å². The molecule has 2 aromatic rings. The second-order valence-corrected chi connectivity index (χ2v) is 5.78. The number of rotatable bonds is 4. The Morgan fingerprint density at radius 3 is 2.58 bits per heavy atom. The molecule has 0 aliphatic carbocycles. The fourth-order valence-corrected chi connectivity index (χ4v) is 2.99. The van der Waals surface area contributed by atoms with Crippen LogP contribution in [-0.2, 0) is 16.0 Å². The van der Waals surface area contributed by atoms with Gasteiger partial charge in [0.05, 0.1) is 0 Å². The van der Waals surface area contributed by atoms with E-state index in [0.29, 0.717) is 25.1 Å². The number of halogens is 1. The maximum absolute atomic E-state index is 13.7. The summed E-state index contributed by atoms with van der Waals surface area (Å²) in [5.41, 5.74) is 1.30. The minimum absolute atomic E-state index is 0.137. The largest absolute Gasteiger partial charge is 0.352 e. The molecule has 1 atom stereocenters. The van der Waals surface area contributed by atoms with E-state index in [0.717, 1.165) is 5.56 Å². The number of piperazine rings is 1. The van der Waals surface area contributed by atoms with E-state index in [4.69, 9.17) is 0 Å². The molecule has 1 aliphatic rings. The lowest BCUT2D eigenvalue weighted by Gasteiger charge is -2.35. The van der Waals surface area contributed by atoms with Crippen LogP contribution >= 0.6 is 0 Å². The van der Waals surface area contributed by atoms with Crippen molar-refractivity contribution in [2.24, 2.45) is 0 Å². The van der Waals surface area contributed by atoms with E-state index in [-0.39, 0.29) is 24.1 Å². The third-order valence-corrected chi connectivity index (χ3v) is 4.21. The fraction of sp³-hybridized carbons (Fsp3) is 0.263. The van der Waals surface area contributed by atoms with Crippen molar-refractivity contribution in [1.29, 1.82) is 0 Å². The summed E-state index contributed by atoms with van der Waals surface area (Å²) in [6.07, 6.45) is 0.503. The highest BCUT2D eigenvalue weighted by Gasteiger charge is 2.33. The Kier molecular flexibility index (Phi) is 4.89. The molecule has 1 unspecified atom stereocenters. The van der Waals surface area contributed by atoms with Crippen LogP contribution in [0.1, 0.15) is 23.6 Å². The number of aryl methyl sites for hydroxylation is 1. The van der Waals surface area contributed by atoms with Crippen LogP contribution in [0.25, 0.3) is 0 Å². The minimum Gasteiger partial charge on any atom is -0.352 e. The van der Waals surface area contributed by atoms with E-state index in [1.807, 2.05) is 30.3 Å². The molecule has 4 nitrogen and oxygen atoms in total. The number of amides is 2. The van der Waals surface area contributed by atoms with Crippen molar-refractivity contribution in [2.75, 3.05) is 13.1 Å². The molecule has 1 saturated heterocycles. The molecule has 0 spiro atoms. The van der Waals surface area contributed by atoms with Crippen molar-refractivity contribution in [3.05, 3.63) is 71.5 Å². The molecule has 1 heterocycles. The van der Waals surface area contributed by atoms with Gasteiger partial charge in [-0.1, -0.05) is 48.5 Å². The molecule has 0 saturated carbocycles. The Morgan fingerprint density at radius 2 is 1.83 bits per heavy atom. The van der Waals surface area contributed by atoms with Gasteiger partial charge in [-0.05, 0) is 23.6 Å². The van der Waals surface area contributed by atoms with Gasteiger partial charge >= 0.3 is 0 Å². The SMILES string of the molecule is O=C1NCCN(C(=O)CCc2ccccc2F)C1c1ccccc1. The molecule has 5 heteroatoms. The number of benzene rings is 2. The lowest BCUT2D eigenvalue weighted by atomic mass is 10.0. The summed E-state index contributed by atoms with van der Waals surface area (Å²) in [5, 5.41) is 2.81. The molecule has 0 radical (unpaired) electrons. The number of hydrogen-bond acceptors (Lipinski definition) is 2. The molecular formula is C19H19FN2O2. The lowest BCUT2D eigenvalue weighted by molar-refractivity contribution is -0.143. The Hall–Kier alpha value is -2.69. The van der Waals surface area contributed by atoms with Crippen molar-refractivity contribution < 1.29 is 14.0 Å². The summed E-state index contributed by atoms with van der Waals surface area (Å²) < 4.78 is 13.7. The molecule has 0 aromatic heterocycles. The first-order valence-electron chi connectivity index (χ1n) is 8.02. The third kappa shape index (κ3) is 3.45. The Balaban J connectivity index is 1.74. The molecule has 0 bridgehead atoms. The number of nitrogens with zero attached hydrogens (tertiary/aromatic N) is 1. The molecule has 24 heavy (non-hydrogen) atoms. The van der Waals surface area contributed by atoms with Crippen LogP contribution in [0.3, 0.4) is 0 Å². The van der Waals surface area contributed by atoms with Gasteiger partial charge in [0.1, 0.15) is 11.9 Å². The van der Waals surface area contributed by atoms with Crippen molar-refractivity contribution in [3.63, 3.8) is 0 Å². The lowest BCUT2D eigenvalue weighted by Crippen LogP contribution is -2.52. The van der Waals surface area contributed by atoms with Crippen LogP contribution in [0.4, 0.5) is 4.39 Å². The topological polar surface area (TPSA) is 49.4 Å². The molecule has 1 fully saturated rings. The normalized spacial score (nSPS) is 17.5. The zero-order valence-electron chi connectivity index (χ0n) is 13.2. The fourth-order valence-electron chi connectivity index (χ4n) is 2.99. The molecular weight excluding hydrogens is 307 g/mol. The highest BCUT2D eigenvalue weighted by molar-refractivity contribution is 5.89. The van der Waals surface area contributed by atoms with Crippen molar-refractivity contribution in [1.82, 2.24) is 10.2 Å². The average Bonchev–Trinajstić information content (AvgIpc) is 2.61. The standard InChI is InChI=1S/C19H19FN2O2/c20-16-9-5-4-6-14(16)10-11-17(23)22-13-12-21-19(24)18(22)15-7-2-1-3-8-15/h1-9,18H,10-13H2,(H,21,24). The number of carbonyl (C=O) groups is 2. The number of nitrogens with one attached hydrogen (secondary N) is 1. The van der Waals surface area contributed by atoms with Crippen molar-refractivity contribution >= 4 is 11.8 Å². The highest BCUT2D eigenvalue weighted by atomic mass is 19.1. The van der Waals surface area contributed by atoms with Gasteiger partial charge in [-0.15, -0.1) is 0 Å². The summed E-state index contributed by atoms with van der Waals surface area (Å²) >= 11 is 0. The molecule has 124 valence electrons. The van der Waals surface area contributed by atoms with Gasteiger partial charge in [-0.3, -0.25) is 9.59 Å². The summed E-state index contributed by atoms with van der Waals surface area (Å²) in [4.78, 5) is 26.5. The maximum atomic E-state index is 13.7. The summed E-state index contributed by atoms with van der Waals surface area (Å²) in [6, 6.07) is 15.1. The Morgan fingerprint density at radius 1 is 1.12 bits per heavy atom. The molecule has 1 aliphatic heterocycles. The second-order valence-electron chi connectivity index (χ2n) is 5.78. The summed E-state index contributed by atoms with van der Waals surface area (Å²) in [7, 11) is 0. The number of carbonyl (C=O) groups excluding carboxylic acids is 2. The molecule has 1 N–H and O–H groups in total. The molecule has 3 rings (SSSR count). The van der Waals surface area contributed by atoms with E-state index in [9.17, 15) is 14.0 Å². The monoisotopic (exact) mass is 326 g/mol. The maximum Gasteiger partial charge on any atom is 0.247 e. The average molecular weight is 326 g/mol. The number of hydrogen-bond donors (Lipinski definition) is 1. The zero-order valence-corrected chi connectivity index (χ0v) is 13.2. The molecule has 2 amide bonds. The van der Waals surface area contributed by atoms with E-state index in [1.165, 1.54) is 6.07 Å². The second kappa shape index (κ2) is 7.25. The first-order chi connectivity index (χ1) is 11.7. The van der Waals surface area contributed by atoms with Crippen LogP contribution in [0, 0.1) is 5.82 Å². The highest BCUT2D eigenvalue weighted by Crippen LogP contribution is 2.24. The van der Waals surface area contributed by atoms with E-state index >= 15 is 0 Å². The quantitative estimate of drug-likeness (QED) is 0.938. The minimum atomic E-state index is -0.618. The van der Waals surface area contributed by atoms with Crippen LogP contribution in [0.2, 0.25) is 0 Å². The first kappa shape index (κ1) is 16.2. The summed E-state index contributed by atoms with van der Waals surface area (Å²) in [5.74, 6) is -0.616. The van der Waals surface area contributed by atoms with Gasteiger partial charge in [0.2, 0.25) is 11.8 Å². The smallest absolute Gasteiger partial charge is 0.247 e. The predicted octanol–water partition coefficient (Wildman–Crippen LogP) is 2.46. The first-order valence-corrected chi connectivity index (χ1v) is 8.02. The summed E-state index contributed by atoms with van der Waals surface area (Å²) in [6.45, 7) is 0.898. The van der Waals surface area contributed by atoms with E-state index in [2.05, 4.69) is 5.32 Å². The Bertz CT molecular complexity index is 733. The van der Waals surface area contributed by atoms with Crippen LogP contribution in [0.5, 0.6) is 0 Å². The van der Waals surface area contributed by atoms with E-state index < -0.39 is 6.04 Å². The molecule has 2 aromatic carbocycles. The van der Waals surface area contributed by atoms with Gasteiger partial charge < -0.3 is 10.2 Å².